The monoisotopic (exact) mass is 436 g/mol. The van der Waals surface area contributed by atoms with E-state index >= 15 is 0 Å². The Labute approximate surface area is 189 Å². The summed E-state index contributed by atoms with van der Waals surface area (Å²) < 4.78 is 11.9. The Hall–Kier alpha value is -3.22. The number of carbonyl (C=O) groups is 1. The number of aliphatic imine (C=N–C) groups is 1. The largest absolute Gasteiger partial charge is 0.493 e. The molecule has 1 aliphatic heterocycles. The van der Waals surface area contributed by atoms with Gasteiger partial charge in [0.1, 0.15) is 18.1 Å². The van der Waals surface area contributed by atoms with E-state index in [1.807, 2.05) is 18.2 Å². The molecule has 0 radical (unpaired) electrons. The second kappa shape index (κ2) is 10.4. The maximum atomic E-state index is 11.5. The molecule has 1 saturated carbocycles. The van der Waals surface area contributed by atoms with Crippen LogP contribution in [0.4, 0.5) is 5.69 Å². The summed E-state index contributed by atoms with van der Waals surface area (Å²) in [5.41, 5.74) is 4.32. The van der Waals surface area contributed by atoms with E-state index in [-0.39, 0.29) is 5.91 Å². The van der Waals surface area contributed by atoms with Crippen LogP contribution in [0.2, 0.25) is 0 Å². The maximum Gasteiger partial charge on any atom is 0.224 e. The van der Waals surface area contributed by atoms with Crippen molar-refractivity contribution in [3.05, 3.63) is 53.1 Å². The zero-order valence-electron chi connectivity index (χ0n) is 18.9. The van der Waals surface area contributed by atoms with Gasteiger partial charge in [0.25, 0.3) is 0 Å². The minimum Gasteiger partial charge on any atom is -0.493 e. The number of ether oxygens (including phenoxy) is 2. The molecule has 1 heterocycles. The fourth-order valence-electron chi connectivity index (χ4n) is 3.62. The fraction of sp³-hybridized carbons (Fsp3) is 0.440. The highest BCUT2D eigenvalue weighted by molar-refractivity contribution is 5.94. The van der Waals surface area contributed by atoms with Gasteiger partial charge in [-0.1, -0.05) is 12.1 Å². The van der Waals surface area contributed by atoms with Crippen LogP contribution in [-0.2, 0) is 17.8 Å². The molecule has 1 amide bonds. The molecule has 2 aromatic carbocycles. The second-order valence-electron chi connectivity index (χ2n) is 8.43. The van der Waals surface area contributed by atoms with Crippen molar-refractivity contribution in [3.8, 4) is 11.5 Å². The van der Waals surface area contributed by atoms with Crippen LogP contribution in [0.15, 0.2) is 41.4 Å². The number of rotatable bonds is 9. The minimum absolute atomic E-state index is 0.0708. The summed E-state index contributed by atoms with van der Waals surface area (Å²) in [5, 5.41) is 9.53. The summed E-state index contributed by atoms with van der Waals surface area (Å²) in [6.45, 7) is 4.64. The standard InChI is InChI=1S/C25H32N4O3/c1-17-3-6-20(23(13-17)32-16-18-4-5-18)15-28-25(26-2)27-11-12-31-21-8-9-22-19(14-21)7-10-24(30)29-22/h3,6,8-9,13-14,18H,4-5,7,10-12,15-16H2,1-2H3,(H,29,30)(H2,26,27,28). The lowest BCUT2D eigenvalue weighted by Gasteiger charge is -2.18. The number of anilines is 1. The zero-order valence-corrected chi connectivity index (χ0v) is 18.9. The van der Waals surface area contributed by atoms with Crippen LogP contribution >= 0.6 is 0 Å². The van der Waals surface area contributed by atoms with Crippen LogP contribution in [0, 0.1) is 12.8 Å². The molecule has 3 N–H and O–H groups in total. The van der Waals surface area contributed by atoms with Crippen molar-refractivity contribution >= 4 is 17.6 Å². The number of hydrogen-bond donors (Lipinski definition) is 3. The van der Waals surface area contributed by atoms with Crippen molar-refractivity contribution in [2.45, 2.75) is 39.2 Å². The molecule has 0 atom stereocenters. The smallest absolute Gasteiger partial charge is 0.224 e. The third-order valence-electron chi connectivity index (χ3n) is 5.70. The van der Waals surface area contributed by atoms with Gasteiger partial charge in [-0.15, -0.1) is 0 Å². The Morgan fingerprint density at radius 1 is 1.12 bits per heavy atom. The average Bonchev–Trinajstić information content (AvgIpc) is 3.62. The van der Waals surface area contributed by atoms with Crippen LogP contribution in [0.1, 0.15) is 36.0 Å². The molecule has 32 heavy (non-hydrogen) atoms. The minimum atomic E-state index is 0.0708. The molecule has 2 aliphatic rings. The molecular weight excluding hydrogens is 404 g/mol. The molecule has 2 aromatic rings. The molecule has 0 aromatic heterocycles. The molecule has 7 heteroatoms. The topological polar surface area (TPSA) is 84.0 Å². The summed E-state index contributed by atoms with van der Waals surface area (Å²) in [6, 6.07) is 12.1. The number of nitrogens with one attached hydrogen (secondary N) is 3. The van der Waals surface area contributed by atoms with Gasteiger partial charge in [-0.2, -0.15) is 0 Å². The molecule has 4 rings (SSSR count). The van der Waals surface area contributed by atoms with Crippen LogP contribution in [-0.4, -0.2) is 38.7 Å². The number of hydrogen-bond acceptors (Lipinski definition) is 4. The van der Waals surface area contributed by atoms with Crippen molar-refractivity contribution in [1.82, 2.24) is 10.6 Å². The molecule has 0 saturated heterocycles. The lowest BCUT2D eigenvalue weighted by atomic mass is 10.0. The van der Waals surface area contributed by atoms with E-state index in [2.05, 4.69) is 46.1 Å². The van der Waals surface area contributed by atoms with E-state index in [1.54, 1.807) is 7.05 Å². The summed E-state index contributed by atoms with van der Waals surface area (Å²) in [4.78, 5) is 15.8. The second-order valence-corrected chi connectivity index (χ2v) is 8.43. The Morgan fingerprint density at radius 2 is 2.00 bits per heavy atom. The average molecular weight is 437 g/mol. The van der Waals surface area contributed by atoms with Crippen LogP contribution in [0.5, 0.6) is 11.5 Å². The van der Waals surface area contributed by atoms with E-state index in [4.69, 9.17) is 9.47 Å². The molecule has 1 fully saturated rings. The predicted molar refractivity (Wildman–Crippen MR) is 126 cm³/mol. The first-order valence-corrected chi connectivity index (χ1v) is 11.3. The molecule has 0 bridgehead atoms. The van der Waals surface area contributed by atoms with Gasteiger partial charge in [-0.25, -0.2) is 0 Å². The molecule has 0 unspecified atom stereocenters. The van der Waals surface area contributed by atoms with E-state index in [9.17, 15) is 4.79 Å². The first-order valence-electron chi connectivity index (χ1n) is 11.3. The van der Waals surface area contributed by atoms with Gasteiger partial charge in [0.05, 0.1) is 13.2 Å². The number of amides is 1. The lowest BCUT2D eigenvalue weighted by molar-refractivity contribution is -0.116. The van der Waals surface area contributed by atoms with Gasteiger partial charge in [0.2, 0.25) is 5.91 Å². The molecule has 0 spiro atoms. The zero-order chi connectivity index (χ0) is 22.3. The number of nitrogens with zero attached hydrogens (tertiary/aromatic N) is 1. The number of fused-ring (bicyclic) bond motifs is 1. The predicted octanol–water partition coefficient (Wildman–Crippen LogP) is 3.41. The highest BCUT2D eigenvalue weighted by Crippen LogP contribution is 2.31. The van der Waals surface area contributed by atoms with Crippen molar-refractivity contribution in [2.75, 3.05) is 32.1 Å². The SMILES string of the molecule is CN=C(NCCOc1ccc2c(c1)CCC(=O)N2)NCc1ccc(C)cc1OCC1CC1. The Bertz CT molecular complexity index is 985. The molecule has 1 aliphatic carbocycles. The van der Waals surface area contributed by atoms with Gasteiger partial charge in [-0.3, -0.25) is 9.79 Å². The van der Waals surface area contributed by atoms with Gasteiger partial charge in [0.15, 0.2) is 5.96 Å². The first-order chi connectivity index (χ1) is 15.6. The quantitative estimate of drug-likeness (QED) is 0.319. The molecular formula is C25H32N4O3. The Balaban J connectivity index is 1.22. The van der Waals surface area contributed by atoms with E-state index in [0.717, 1.165) is 53.2 Å². The lowest BCUT2D eigenvalue weighted by Crippen LogP contribution is -2.39. The van der Waals surface area contributed by atoms with Gasteiger partial charge >= 0.3 is 0 Å². The van der Waals surface area contributed by atoms with E-state index < -0.39 is 0 Å². The van der Waals surface area contributed by atoms with Crippen molar-refractivity contribution < 1.29 is 14.3 Å². The summed E-state index contributed by atoms with van der Waals surface area (Å²) in [7, 11) is 1.76. The summed E-state index contributed by atoms with van der Waals surface area (Å²) >= 11 is 0. The van der Waals surface area contributed by atoms with Gasteiger partial charge in [-0.05, 0) is 67.5 Å². The third kappa shape index (κ3) is 6.15. The van der Waals surface area contributed by atoms with Crippen molar-refractivity contribution in [2.24, 2.45) is 10.9 Å². The fourth-order valence-corrected chi connectivity index (χ4v) is 3.62. The van der Waals surface area contributed by atoms with E-state index in [1.165, 1.54) is 18.4 Å². The van der Waals surface area contributed by atoms with Crippen molar-refractivity contribution in [3.63, 3.8) is 0 Å². The number of benzene rings is 2. The Morgan fingerprint density at radius 3 is 2.81 bits per heavy atom. The number of guanidine groups is 1. The van der Waals surface area contributed by atoms with Crippen LogP contribution < -0.4 is 25.4 Å². The third-order valence-corrected chi connectivity index (χ3v) is 5.70. The van der Waals surface area contributed by atoms with Crippen LogP contribution in [0.3, 0.4) is 0 Å². The number of carbonyl (C=O) groups excluding carboxylic acids is 1. The highest BCUT2D eigenvalue weighted by Gasteiger charge is 2.22. The summed E-state index contributed by atoms with van der Waals surface area (Å²) in [6.07, 6.45) is 3.83. The van der Waals surface area contributed by atoms with Crippen molar-refractivity contribution in [1.29, 1.82) is 0 Å². The highest BCUT2D eigenvalue weighted by atomic mass is 16.5. The molecule has 170 valence electrons. The normalized spacial score (nSPS) is 15.6. The number of aryl methyl sites for hydroxylation is 2. The van der Waals surface area contributed by atoms with Gasteiger partial charge in [0, 0.05) is 31.3 Å². The molecule has 7 nitrogen and oxygen atoms in total. The van der Waals surface area contributed by atoms with Crippen LogP contribution in [0.25, 0.3) is 0 Å². The Kier molecular flexibility index (Phi) is 7.14. The first kappa shape index (κ1) is 22.0. The summed E-state index contributed by atoms with van der Waals surface area (Å²) in [5.74, 6) is 3.27. The van der Waals surface area contributed by atoms with Gasteiger partial charge < -0.3 is 25.4 Å². The maximum absolute atomic E-state index is 11.5. The van der Waals surface area contributed by atoms with E-state index in [0.29, 0.717) is 26.1 Å².